The van der Waals surface area contributed by atoms with Crippen molar-refractivity contribution in [1.29, 1.82) is 0 Å². The van der Waals surface area contributed by atoms with Crippen LogP contribution in [0.2, 0.25) is 0 Å². The van der Waals surface area contributed by atoms with E-state index in [1.807, 2.05) is 0 Å². The molecule has 0 bridgehead atoms. The Labute approximate surface area is 132 Å². The number of hydrogen-bond donors (Lipinski definition) is 2. The Kier molecular flexibility index (Phi) is 9.94. The van der Waals surface area contributed by atoms with Crippen LogP contribution < -0.4 is 11.1 Å². The summed E-state index contributed by atoms with van der Waals surface area (Å²) in [5.74, 6) is 0.992. The predicted octanol–water partition coefficient (Wildman–Crippen LogP) is 0.414. The van der Waals surface area contributed by atoms with E-state index in [0.29, 0.717) is 25.0 Å². The minimum Gasteiger partial charge on any atom is -0.383 e. The lowest BCUT2D eigenvalue weighted by Crippen LogP contribution is -2.44. The number of guanidine groups is 1. The highest BCUT2D eigenvalue weighted by atomic mass is 127. The summed E-state index contributed by atoms with van der Waals surface area (Å²) in [7, 11) is 1.60. The van der Waals surface area contributed by atoms with E-state index < -0.39 is 0 Å². The van der Waals surface area contributed by atoms with Gasteiger partial charge in [0.2, 0.25) is 5.91 Å². The van der Waals surface area contributed by atoms with E-state index in [9.17, 15) is 4.79 Å². The minimum absolute atomic E-state index is 0. The molecular formula is C12H25IN4O2. The normalized spacial score (nSPS) is 19.8. The molecule has 0 spiro atoms. The molecule has 1 atom stereocenters. The topological polar surface area (TPSA) is 79.9 Å². The van der Waals surface area contributed by atoms with Gasteiger partial charge >= 0.3 is 0 Å². The fourth-order valence-electron chi connectivity index (χ4n) is 2.00. The number of nitrogens with one attached hydrogen (secondary N) is 1. The van der Waals surface area contributed by atoms with Gasteiger partial charge in [-0.15, -0.1) is 24.0 Å². The molecule has 0 aromatic carbocycles. The monoisotopic (exact) mass is 384 g/mol. The van der Waals surface area contributed by atoms with Crippen LogP contribution in [0.1, 0.15) is 19.8 Å². The first kappa shape index (κ1) is 18.4. The molecule has 1 aliphatic rings. The number of nitrogens with two attached hydrogens (primary N) is 1. The van der Waals surface area contributed by atoms with Crippen molar-refractivity contribution in [1.82, 2.24) is 10.2 Å². The summed E-state index contributed by atoms with van der Waals surface area (Å²) in [6.07, 6.45) is 2.37. The van der Waals surface area contributed by atoms with Gasteiger partial charge in [0.15, 0.2) is 5.96 Å². The van der Waals surface area contributed by atoms with E-state index in [0.717, 1.165) is 19.5 Å². The molecule has 112 valence electrons. The second kappa shape index (κ2) is 10.2. The molecule has 1 unspecified atom stereocenters. The van der Waals surface area contributed by atoms with Crippen LogP contribution in [0, 0.1) is 5.92 Å². The number of carbonyl (C=O) groups excluding carboxylic acids is 1. The number of ether oxygens (including phenoxy) is 1. The fourth-order valence-corrected chi connectivity index (χ4v) is 2.00. The molecule has 1 rings (SSSR count). The summed E-state index contributed by atoms with van der Waals surface area (Å²) >= 11 is 0. The second-order valence-electron chi connectivity index (χ2n) is 4.71. The molecule has 0 aromatic rings. The largest absolute Gasteiger partial charge is 0.383 e. The predicted molar refractivity (Wildman–Crippen MR) is 86.8 cm³/mol. The van der Waals surface area contributed by atoms with E-state index in [2.05, 4.69) is 22.1 Å². The van der Waals surface area contributed by atoms with E-state index in [4.69, 9.17) is 10.5 Å². The Hall–Kier alpha value is -0.570. The number of nitrogens with zero attached hydrogens (tertiary/aromatic N) is 2. The average Bonchev–Trinajstić information content (AvgIpc) is 2.36. The molecule has 6 nitrogen and oxygen atoms in total. The molecule has 0 aliphatic carbocycles. The molecule has 1 saturated heterocycles. The van der Waals surface area contributed by atoms with Crippen LogP contribution in [0.3, 0.4) is 0 Å². The Morgan fingerprint density at radius 2 is 2.32 bits per heavy atom. The lowest BCUT2D eigenvalue weighted by molar-refractivity contribution is -0.119. The van der Waals surface area contributed by atoms with Crippen LogP contribution in [0.15, 0.2) is 4.99 Å². The summed E-state index contributed by atoms with van der Waals surface area (Å²) in [5, 5.41) is 2.71. The van der Waals surface area contributed by atoms with E-state index in [-0.39, 0.29) is 36.4 Å². The number of piperidine rings is 1. The zero-order valence-corrected chi connectivity index (χ0v) is 14.1. The smallest absolute Gasteiger partial charge is 0.241 e. The summed E-state index contributed by atoms with van der Waals surface area (Å²) in [6.45, 7) is 5.17. The van der Waals surface area contributed by atoms with E-state index in [1.165, 1.54) is 6.42 Å². The highest BCUT2D eigenvalue weighted by Gasteiger charge is 2.17. The highest BCUT2D eigenvalue weighted by Crippen LogP contribution is 2.14. The van der Waals surface area contributed by atoms with Crippen molar-refractivity contribution >= 4 is 35.8 Å². The quantitative estimate of drug-likeness (QED) is 0.312. The van der Waals surface area contributed by atoms with Gasteiger partial charge < -0.3 is 20.7 Å². The third-order valence-electron chi connectivity index (χ3n) is 2.99. The van der Waals surface area contributed by atoms with Crippen LogP contribution in [0.5, 0.6) is 0 Å². The Morgan fingerprint density at radius 3 is 2.95 bits per heavy atom. The average molecular weight is 384 g/mol. The van der Waals surface area contributed by atoms with Crippen molar-refractivity contribution < 1.29 is 9.53 Å². The molecular weight excluding hydrogens is 359 g/mol. The number of rotatable bonds is 5. The molecule has 7 heteroatoms. The number of carbonyl (C=O) groups is 1. The van der Waals surface area contributed by atoms with Crippen LogP contribution in [-0.4, -0.2) is 56.7 Å². The Bertz CT molecular complexity index is 299. The van der Waals surface area contributed by atoms with Crippen LogP contribution in [0.25, 0.3) is 0 Å². The molecule has 0 aromatic heterocycles. The first-order chi connectivity index (χ1) is 8.63. The first-order valence-electron chi connectivity index (χ1n) is 6.44. The number of amides is 1. The molecule has 1 amide bonds. The van der Waals surface area contributed by atoms with Crippen molar-refractivity contribution in [2.45, 2.75) is 19.8 Å². The maximum atomic E-state index is 11.4. The number of methoxy groups -OCH3 is 1. The lowest BCUT2D eigenvalue weighted by Gasteiger charge is -2.31. The Balaban J connectivity index is 0.00000324. The van der Waals surface area contributed by atoms with Crippen LogP contribution in [0.4, 0.5) is 0 Å². The summed E-state index contributed by atoms with van der Waals surface area (Å²) in [5.41, 5.74) is 5.89. The minimum atomic E-state index is -0.125. The van der Waals surface area contributed by atoms with E-state index >= 15 is 0 Å². The van der Waals surface area contributed by atoms with Gasteiger partial charge in [-0.25, -0.2) is 4.99 Å². The van der Waals surface area contributed by atoms with Crippen molar-refractivity contribution in [3.8, 4) is 0 Å². The third kappa shape index (κ3) is 7.56. The third-order valence-corrected chi connectivity index (χ3v) is 2.99. The number of likely N-dealkylation sites (tertiary alicyclic amines) is 1. The zero-order valence-electron chi connectivity index (χ0n) is 11.7. The Morgan fingerprint density at radius 1 is 1.58 bits per heavy atom. The van der Waals surface area contributed by atoms with Crippen molar-refractivity contribution in [3.63, 3.8) is 0 Å². The molecule has 1 aliphatic heterocycles. The van der Waals surface area contributed by atoms with Gasteiger partial charge in [-0.1, -0.05) is 6.92 Å². The standard InChI is InChI=1S/C12H24N4O2.HI/c1-10-4-3-6-16(9-10)12(13)15-8-11(17)14-5-7-18-2;/h10H,3-9H2,1-2H3,(H2,13,15)(H,14,17);1H. The van der Waals surface area contributed by atoms with Gasteiger partial charge in [0.05, 0.1) is 6.61 Å². The second-order valence-corrected chi connectivity index (χ2v) is 4.71. The number of hydrogen-bond acceptors (Lipinski definition) is 3. The van der Waals surface area contributed by atoms with Crippen LogP contribution in [-0.2, 0) is 9.53 Å². The van der Waals surface area contributed by atoms with Gasteiger partial charge in [0.1, 0.15) is 6.54 Å². The van der Waals surface area contributed by atoms with Gasteiger partial charge in [0.25, 0.3) is 0 Å². The fraction of sp³-hybridized carbons (Fsp3) is 0.833. The molecule has 19 heavy (non-hydrogen) atoms. The molecule has 0 radical (unpaired) electrons. The summed E-state index contributed by atoms with van der Waals surface area (Å²) in [6, 6.07) is 0. The van der Waals surface area contributed by atoms with Gasteiger partial charge in [-0.2, -0.15) is 0 Å². The molecule has 1 fully saturated rings. The highest BCUT2D eigenvalue weighted by molar-refractivity contribution is 14.0. The van der Waals surface area contributed by atoms with Crippen molar-refractivity contribution in [2.75, 3.05) is 39.9 Å². The SMILES string of the molecule is COCCNC(=O)CN=C(N)N1CCCC(C)C1.I. The van der Waals surface area contributed by atoms with Crippen molar-refractivity contribution in [3.05, 3.63) is 0 Å². The maximum absolute atomic E-state index is 11.4. The van der Waals surface area contributed by atoms with Gasteiger partial charge in [-0.3, -0.25) is 4.79 Å². The first-order valence-corrected chi connectivity index (χ1v) is 6.44. The molecule has 1 heterocycles. The zero-order chi connectivity index (χ0) is 13.4. The molecule has 0 saturated carbocycles. The maximum Gasteiger partial charge on any atom is 0.241 e. The van der Waals surface area contributed by atoms with Crippen LogP contribution >= 0.6 is 24.0 Å². The number of aliphatic imine (C=N–C) groups is 1. The van der Waals surface area contributed by atoms with Crippen molar-refractivity contribution in [2.24, 2.45) is 16.6 Å². The summed E-state index contributed by atoms with van der Waals surface area (Å²) in [4.78, 5) is 17.6. The lowest BCUT2D eigenvalue weighted by atomic mass is 10.0. The van der Waals surface area contributed by atoms with E-state index in [1.54, 1.807) is 7.11 Å². The van der Waals surface area contributed by atoms with Gasteiger partial charge in [-0.05, 0) is 18.8 Å². The summed E-state index contributed by atoms with van der Waals surface area (Å²) < 4.78 is 4.84. The van der Waals surface area contributed by atoms with Gasteiger partial charge in [0, 0.05) is 26.7 Å². The molecule has 3 N–H and O–H groups in total. The number of halogens is 1.